The summed E-state index contributed by atoms with van der Waals surface area (Å²) in [7, 11) is 1.47. The van der Waals surface area contributed by atoms with Crippen LogP contribution >= 0.6 is 23.5 Å². The first-order chi connectivity index (χ1) is 9.17. The van der Waals surface area contributed by atoms with Gasteiger partial charge in [-0.25, -0.2) is 0 Å². The molecule has 0 aromatic heterocycles. The van der Waals surface area contributed by atoms with Crippen LogP contribution in [0.1, 0.15) is 24.8 Å². The predicted molar refractivity (Wildman–Crippen MR) is 82.7 cm³/mol. The summed E-state index contributed by atoms with van der Waals surface area (Å²) in [5.41, 5.74) is 1.59. The number of esters is 1. The Labute approximate surface area is 123 Å². The average molecular weight is 296 g/mol. The molecule has 1 aliphatic carbocycles. The Morgan fingerprint density at radius 3 is 2.53 bits per heavy atom. The summed E-state index contributed by atoms with van der Waals surface area (Å²) < 4.78 is 4.77. The molecular weight excluding hydrogens is 276 g/mol. The first kappa shape index (κ1) is 14.8. The van der Waals surface area contributed by atoms with Gasteiger partial charge in [-0.15, -0.1) is 11.8 Å². The summed E-state index contributed by atoms with van der Waals surface area (Å²) in [5.74, 6) is 2.02. The summed E-state index contributed by atoms with van der Waals surface area (Å²) in [6.07, 6.45) is 5.01. The molecule has 0 N–H and O–H groups in total. The van der Waals surface area contributed by atoms with Gasteiger partial charge < -0.3 is 4.74 Å². The maximum absolute atomic E-state index is 11.3. The third kappa shape index (κ3) is 4.46. The fourth-order valence-corrected chi connectivity index (χ4v) is 3.80. The van der Waals surface area contributed by atoms with E-state index in [-0.39, 0.29) is 11.4 Å². The molecule has 4 heteroatoms. The lowest BCUT2D eigenvalue weighted by Crippen LogP contribution is -2.13. The number of hydrogen-bond donors (Lipinski definition) is 0. The zero-order chi connectivity index (χ0) is 13.7. The van der Waals surface area contributed by atoms with Gasteiger partial charge in [0.2, 0.25) is 0 Å². The lowest BCUT2D eigenvalue weighted by Gasteiger charge is -2.13. The van der Waals surface area contributed by atoms with E-state index in [1.807, 2.05) is 11.8 Å². The Morgan fingerprint density at radius 2 is 2.00 bits per heavy atom. The molecular formula is C15H20O2S2. The Hall–Kier alpha value is -0.610. The topological polar surface area (TPSA) is 26.3 Å². The van der Waals surface area contributed by atoms with Gasteiger partial charge in [-0.1, -0.05) is 12.1 Å². The van der Waals surface area contributed by atoms with Crippen molar-refractivity contribution in [2.75, 3.05) is 19.1 Å². The van der Waals surface area contributed by atoms with Crippen molar-refractivity contribution in [2.24, 2.45) is 5.41 Å². The van der Waals surface area contributed by atoms with E-state index < -0.39 is 0 Å². The van der Waals surface area contributed by atoms with Crippen LogP contribution in [0, 0.1) is 5.41 Å². The molecule has 0 radical (unpaired) electrons. The van der Waals surface area contributed by atoms with E-state index in [1.54, 1.807) is 11.8 Å². The van der Waals surface area contributed by atoms with Gasteiger partial charge in [-0.2, -0.15) is 11.8 Å². The Bertz CT molecular complexity index is 424. The van der Waals surface area contributed by atoms with Crippen molar-refractivity contribution in [2.45, 2.75) is 29.9 Å². The summed E-state index contributed by atoms with van der Waals surface area (Å²) in [5, 5.41) is 0. The van der Waals surface area contributed by atoms with Crippen LogP contribution in [0.5, 0.6) is 0 Å². The van der Waals surface area contributed by atoms with Crippen LogP contribution in [0.15, 0.2) is 29.2 Å². The van der Waals surface area contributed by atoms with Gasteiger partial charge in [-0.05, 0) is 48.0 Å². The molecule has 0 heterocycles. The van der Waals surface area contributed by atoms with Gasteiger partial charge in [0.1, 0.15) is 0 Å². The molecule has 0 amide bonds. The van der Waals surface area contributed by atoms with Crippen LogP contribution in [0.3, 0.4) is 0 Å². The molecule has 104 valence electrons. The van der Waals surface area contributed by atoms with Crippen LogP contribution in [0.25, 0.3) is 0 Å². The summed E-state index contributed by atoms with van der Waals surface area (Å²) in [6.45, 7) is 0. The first-order valence-electron chi connectivity index (χ1n) is 6.45. The molecule has 2 rings (SSSR count). The number of hydrogen-bond acceptors (Lipinski definition) is 4. The molecule has 1 aliphatic rings. The second-order valence-electron chi connectivity index (χ2n) is 5.09. The summed E-state index contributed by atoms with van der Waals surface area (Å²) in [6, 6.07) is 8.72. The molecule has 0 atom stereocenters. The zero-order valence-electron chi connectivity index (χ0n) is 11.5. The normalized spacial score (nSPS) is 16.1. The van der Waals surface area contributed by atoms with E-state index in [0.717, 1.165) is 11.5 Å². The van der Waals surface area contributed by atoms with Crippen LogP contribution in [-0.4, -0.2) is 25.1 Å². The molecule has 1 saturated carbocycles. The number of carbonyl (C=O) groups is 1. The van der Waals surface area contributed by atoms with E-state index in [4.69, 9.17) is 4.74 Å². The van der Waals surface area contributed by atoms with E-state index in [1.165, 1.54) is 30.4 Å². The first-order valence-corrected chi connectivity index (χ1v) is 8.83. The van der Waals surface area contributed by atoms with Gasteiger partial charge >= 0.3 is 5.97 Å². The summed E-state index contributed by atoms with van der Waals surface area (Å²) in [4.78, 5) is 12.6. The highest BCUT2D eigenvalue weighted by Crippen LogP contribution is 2.51. The van der Waals surface area contributed by atoms with Crippen LogP contribution in [-0.2, 0) is 15.3 Å². The quantitative estimate of drug-likeness (QED) is 0.561. The van der Waals surface area contributed by atoms with E-state index in [0.29, 0.717) is 6.42 Å². The van der Waals surface area contributed by atoms with Crippen LogP contribution in [0.4, 0.5) is 0 Å². The highest BCUT2D eigenvalue weighted by atomic mass is 32.2. The largest absolute Gasteiger partial charge is 0.469 e. The van der Waals surface area contributed by atoms with Gasteiger partial charge in [0.05, 0.1) is 13.5 Å². The van der Waals surface area contributed by atoms with Gasteiger partial charge in [0, 0.05) is 10.6 Å². The predicted octanol–water partition coefficient (Wildman–Crippen LogP) is 3.99. The number of rotatable bonds is 7. The SMILES string of the molecule is COC(=O)CC1(CSCc2ccc(SC)cc2)CC1. The van der Waals surface area contributed by atoms with Crippen molar-refractivity contribution >= 4 is 29.5 Å². The molecule has 0 saturated heterocycles. The second kappa shape index (κ2) is 6.71. The Balaban J connectivity index is 1.75. The Morgan fingerprint density at radius 1 is 1.32 bits per heavy atom. The molecule has 1 aromatic carbocycles. The van der Waals surface area contributed by atoms with Crippen molar-refractivity contribution < 1.29 is 9.53 Å². The third-order valence-corrected chi connectivity index (χ3v) is 5.64. The number of thioether (sulfide) groups is 2. The second-order valence-corrected chi connectivity index (χ2v) is 6.96. The summed E-state index contributed by atoms with van der Waals surface area (Å²) >= 11 is 3.69. The van der Waals surface area contributed by atoms with Crippen molar-refractivity contribution in [3.8, 4) is 0 Å². The fraction of sp³-hybridized carbons (Fsp3) is 0.533. The van der Waals surface area contributed by atoms with Gasteiger partial charge in [0.25, 0.3) is 0 Å². The highest BCUT2D eigenvalue weighted by Gasteiger charge is 2.44. The van der Waals surface area contributed by atoms with E-state index in [9.17, 15) is 4.79 Å². The molecule has 1 aromatic rings. The molecule has 0 bridgehead atoms. The maximum Gasteiger partial charge on any atom is 0.306 e. The van der Waals surface area contributed by atoms with Crippen molar-refractivity contribution in [3.05, 3.63) is 29.8 Å². The standard InChI is InChI=1S/C15H20O2S2/c1-17-14(16)9-15(7-8-15)11-19-10-12-3-5-13(18-2)6-4-12/h3-6H,7-11H2,1-2H3. The smallest absolute Gasteiger partial charge is 0.306 e. The van der Waals surface area contributed by atoms with E-state index >= 15 is 0 Å². The number of carbonyl (C=O) groups excluding carboxylic acids is 1. The molecule has 0 aliphatic heterocycles. The zero-order valence-corrected chi connectivity index (χ0v) is 13.1. The number of ether oxygens (including phenoxy) is 1. The minimum atomic E-state index is -0.0672. The van der Waals surface area contributed by atoms with Gasteiger partial charge in [0.15, 0.2) is 0 Å². The lowest BCUT2D eigenvalue weighted by atomic mass is 10.1. The molecule has 2 nitrogen and oxygen atoms in total. The van der Waals surface area contributed by atoms with Crippen molar-refractivity contribution in [3.63, 3.8) is 0 Å². The van der Waals surface area contributed by atoms with E-state index in [2.05, 4.69) is 30.5 Å². The van der Waals surface area contributed by atoms with Crippen molar-refractivity contribution in [1.82, 2.24) is 0 Å². The minimum absolute atomic E-state index is 0.0672. The minimum Gasteiger partial charge on any atom is -0.469 e. The number of methoxy groups -OCH3 is 1. The fourth-order valence-electron chi connectivity index (χ4n) is 2.03. The van der Waals surface area contributed by atoms with Gasteiger partial charge in [-0.3, -0.25) is 4.79 Å². The number of benzene rings is 1. The maximum atomic E-state index is 11.3. The average Bonchev–Trinajstić information content (AvgIpc) is 3.19. The Kier molecular flexibility index (Phi) is 5.22. The molecule has 19 heavy (non-hydrogen) atoms. The molecule has 0 unspecified atom stereocenters. The molecule has 1 fully saturated rings. The highest BCUT2D eigenvalue weighted by molar-refractivity contribution is 7.98. The third-order valence-electron chi connectivity index (χ3n) is 3.54. The van der Waals surface area contributed by atoms with Crippen LogP contribution in [0.2, 0.25) is 0 Å². The lowest BCUT2D eigenvalue weighted by molar-refractivity contribution is -0.141. The monoisotopic (exact) mass is 296 g/mol. The molecule has 0 spiro atoms. The van der Waals surface area contributed by atoms with Crippen molar-refractivity contribution in [1.29, 1.82) is 0 Å². The van der Waals surface area contributed by atoms with Crippen LogP contribution < -0.4 is 0 Å².